The smallest absolute Gasteiger partial charge is 0.400 e. The number of amides is 1. The van der Waals surface area contributed by atoms with Crippen LogP contribution in [0.4, 0.5) is 13.2 Å². The summed E-state index contributed by atoms with van der Waals surface area (Å²) in [5.74, 6) is -0.338. The van der Waals surface area contributed by atoms with Crippen LogP contribution < -0.4 is 10.9 Å². The highest BCUT2D eigenvalue weighted by Gasteiger charge is 2.52. The van der Waals surface area contributed by atoms with E-state index in [1.165, 1.54) is 13.0 Å². The van der Waals surface area contributed by atoms with Crippen LogP contribution in [0.5, 0.6) is 0 Å². The number of aromatic amines is 1. The Morgan fingerprint density at radius 3 is 2.30 bits per heavy atom. The van der Waals surface area contributed by atoms with Gasteiger partial charge in [0.05, 0.1) is 16.8 Å². The molecule has 6 nitrogen and oxygen atoms in total. The zero-order chi connectivity index (χ0) is 20.6. The van der Waals surface area contributed by atoms with E-state index in [4.69, 9.17) is 9.31 Å². The van der Waals surface area contributed by atoms with Gasteiger partial charge in [-0.3, -0.25) is 9.59 Å². The lowest BCUT2D eigenvalue weighted by Gasteiger charge is -2.32. The summed E-state index contributed by atoms with van der Waals surface area (Å²) in [6, 6.07) is 0.748. The number of aromatic nitrogens is 1. The van der Waals surface area contributed by atoms with E-state index in [-0.39, 0.29) is 18.0 Å². The van der Waals surface area contributed by atoms with Crippen molar-refractivity contribution >= 4 is 19.1 Å². The van der Waals surface area contributed by atoms with Crippen LogP contribution in [0.15, 0.2) is 22.5 Å². The summed E-state index contributed by atoms with van der Waals surface area (Å²) in [5.41, 5.74) is -2.94. The first-order valence-corrected chi connectivity index (χ1v) is 8.33. The molecule has 148 valence electrons. The van der Waals surface area contributed by atoms with Gasteiger partial charge in [-0.05, 0) is 39.2 Å². The van der Waals surface area contributed by atoms with Crippen molar-refractivity contribution in [2.75, 3.05) is 6.54 Å². The van der Waals surface area contributed by atoms with E-state index in [0.29, 0.717) is 11.7 Å². The predicted molar refractivity (Wildman–Crippen MR) is 94.8 cm³/mol. The number of nitrogens with one attached hydrogen (secondary N) is 2. The maximum absolute atomic E-state index is 12.9. The number of hydrogen-bond acceptors (Lipinski definition) is 4. The average molecular weight is 386 g/mol. The van der Waals surface area contributed by atoms with E-state index >= 15 is 0 Å². The molecule has 0 spiro atoms. The molecular weight excluding hydrogens is 364 g/mol. The van der Waals surface area contributed by atoms with E-state index < -0.39 is 35.6 Å². The van der Waals surface area contributed by atoms with E-state index in [0.717, 1.165) is 6.07 Å². The molecule has 2 heterocycles. The third kappa shape index (κ3) is 4.81. The number of H-pyrrole nitrogens is 1. The summed E-state index contributed by atoms with van der Waals surface area (Å²) in [6.45, 7) is 8.54. The van der Waals surface area contributed by atoms with Crippen molar-refractivity contribution in [1.82, 2.24) is 10.3 Å². The second-order valence-electron chi connectivity index (χ2n) is 7.39. The predicted octanol–water partition coefficient (Wildman–Crippen LogP) is 2.54. The summed E-state index contributed by atoms with van der Waals surface area (Å²) in [6.07, 6.45) is -2.73. The van der Waals surface area contributed by atoms with Gasteiger partial charge in [-0.1, -0.05) is 6.08 Å². The van der Waals surface area contributed by atoms with Gasteiger partial charge in [-0.2, -0.15) is 13.2 Å². The Bertz CT molecular complexity index is 799. The third-order valence-electron chi connectivity index (χ3n) is 4.70. The Labute approximate surface area is 155 Å². The molecule has 1 fully saturated rings. The fraction of sp³-hybridized carbons (Fsp3) is 0.529. The topological polar surface area (TPSA) is 80.4 Å². The maximum Gasteiger partial charge on any atom is 0.492 e. The quantitative estimate of drug-likeness (QED) is 0.780. The first-order valence-electron chi connectivity index (χ1n) is 8.33. The molecule has 10 heteroatoms. The number of carbonyl (C=O) groups is 1. The van der Waals surface area contributed by atoms with Crippen LogP contribution in [0.25, 0.3) is 6.08 Å². The van der Waals surface area contributed by atoms with Gasteiger partial charge in [0.25, 0.3) is 5.56 Å². The van der Waals surface area contributed by atoms with Crippen LogP contribution in [-0.2, 0) is 20.3 Å². The average Bonchev–Trinajstić information content (AvgIpc) is 2.72. The van der Waals surface area contributed by atoms with Crippen LogP contribution in [0.2, 0.25) is 0 Å². The fourth-order valence-electron chi connectivity index (χ4n) is 2.40. The molecule has 1 aliphatic heterocycles. The van der Waals surface area contributed by atoms with Crippen molar-refractivity contribution in [3.63, 3.8) is 0 Å². The SMILES string of the molecule is CC(=O)NCC(=Cc1cc(C(F)(F)F)c[nH]c1=O)B1OC(C)(C)C(C)(C)O1. The van der Waals surface area contributed by atoms with Gasteiger partial charge in [-0.25, -0.2) is 0 Å². The minimum Gasteiger partial charge on any atom is -0.400 e. The second-order valence-corrected chi connectivity index (χ2v) is 7.39. The van der Waals surface area contributed by atoms with Crippen molar-refractivity contribution in [3.05, 3.63) is 39.2 Å². The number of hydrogen-bond donors (Lipinski definition) is 2. The van der Waals surface area contributed by atoms with Crippen LogP contribution in [0.1, 0.15) is 45.7 Å². The van der Waals surface area contributed by atoms with Gasteiger partial charge in [0, 0.05) is 25.2 Å². The Balaban J connectivity index is 2.46. The Kier molecular flexibility index (Phi) is 5.63. The molecule has 2 N–H and O–H groups in total. The lowest BCUT2D eigenvalue weighted by atomic mass is 9.77. The van der Waals surface area contributed by atoms with Crippen molar-refractivity contribution in [2.24, 2.45) is 0 Å². The van der Waals surface area contributed by atoms with Gasteiger partial charge in [0.2, 0.25) is 5.91 Å². The minimum atomic E-state index is -4.60. The lowest BCUT2D eigenvalue weighted by Crippen LogP contribution is -2.41. The zero-order valence-electron chi connectivity index (χ0n) is 15.8. The van der Waals surface area contributed by atoms with E-state index in [9.17, 15) is 22.8 Å². The van der Waals surface area contributed by atoms with Gasteiger partial charge in [0.1, 0.15) is 0 Å². The number of halogens is 3. The van der Waals surface area contributed by atoms with Crippen LogP contribution in [0.3, 0.4) is 0 Å². The summed E-state index contributed by atoms with van der Waals surface area (Å²) in [4.78, 5) is 25.4. The van der Waals surface area contributed by atoms with Gasteiger partial charge in [-0.15, -0.1) is 0 Å². The Hall–Kier alpha value is -2.07. The molecule has 1 amide bonds. The molecule has 0 saturated carbocycles. The summed E-state index contributed by atoms with van der Waals surface area (Å²) < 4.78 is 50.6. The monoisotopic (exact) mass is 386 g/mol. The molecule has 0 atom stereocenters. The molecule has 0 aromatic carbocycles. The molecule has 0 radical (unpaired) electrons. The van der Waals surface area contributed by atoms with Gasteiger partial charge in [0.15, 0.2) is 0 Å². The van der Waals surface area contributed by atoms with Crippen LogP contribution in [0, 0.1) is 0 Å². The first kappa shape index (κ1) is 21.2. The number of rotatable bonds is 4. The number of carbonyl (C=O) groups excluding carboxylic acids is 1. The molecular formula is C17H22BF3N2O4. The number of alkyl halides is 3. The van der Waals surface area contributed by atoms with E-state index in [1.54, 1.807) is 0 Å². The molecule has 0 bridgehead atoms. The van der Waals surface area contributed by atoms with Crippen molar-refractivity contribution in [2.45, 2.75) is 52.0 Å². The molecule has 1 saturated heterocycles. The highest BCUT2D eigenvalue weighted by atomic mass is 19.4. The number of pyridine rings is 1. The summed E-state index contributed by atoms with van der Waals surface area (Å²) in [5, 5.41) is 2.56. The normalized spacial score (nSPS) is 19.3. The molecule has 0 unspecified atom stereocenters. The largest absolute Gasteiger partial charge is 0.492 e. The molecule has 1 aliphatic rings. The molecule has 27 heavy (non-hydrogen) atoms. The fourth-order valence-corrected chi connectivity index (χ4v) is 2.40. The lowest BCUT2D eigenvalue weighted by molar-refractivity contribution is -0.137. The summed E-state index contributed by atoms with van der Waals surface area (Å²) in [7, 11) is -0.921. The Morgan fingerprint density at radius 2 is 1.81 bits per heavy atom. The van der Waals surface area contributed by atoms with Crippen molar-refractivity contribution in [3.8, 4) is 0 Å². The minimum absolute atomic E-state index is 0.0398. The molecule has 1 aromatic rings. The highest BCUT2D eigenvalue weighted by molar-refractivity contribution is 6.56. The van der Waals surface area contributed by atoms with Crippen LogP contribution in [-0.4, -0.2) is 35.8 Å². The first-order chi connectivity index (χ1) is 12.2. The maximum atomic E-state index is 12.9. The molecule has 2 rings (SSSR count). The van der Waals surface area contributed by atoms with Crippen LogP contribution >= 0.6 is 0 Å². The third-order valence-corrected chi connectivity index (χ3v) is 4.70. The van der Waals surface area contributed by atoms with E-state index in [2.05, 4.69) is 10.3 Å². The molecule has 1 aromatic heterocycles. The summed E-state index contributed by atoms with van der Waals surface area (Å²) >= 11 is 0. The highest BCUT2D eigenvalue weighted by Crippen LogP contribution is 2.38. The van der Waals surface area contributed by atoms with Crippen molar-refractivity contribution in [1.29, 1.82) is 0 Å². The molecule has 0 aliphatic carbocycles. The Morgan fingerprint density at radius 1 is 1.26 bits per heavy atom. The van der Waals surface area contributed by atoms with Gasteiger partial charge >= 0.3 is 13.3 Å². The van der Waals surface area contributed by atoms with Crippen molar-refractivity contribution < 1.29 is 27.3 Å². The zero-order valence-corrected chi connectivity index (χ0v) is 15.8. The standard InChI is InChI=1S/C17H22BF3N2O4/c1-10(24)22-9-13(18-26-15(2,3)16(4,5)27-18)7-11-6-12(17(19,20)21)8-23-14(11)25/h6-8H,9H2,1-5H3,(H,22,24)(H,23,25). The van der Waals surface area contributed by atoms with E-state index in [1.807, 2.05) is 27.7 Å². The second kappa shape index (κ2) is 7.16. The van der Waals surface area contributed by atoms with Gasteiger partial charge < -0.3 is 19.6 Å².